The van der Waals surface area contributed by atoms with Crippen molar-refractivity contribution in [1.29, 1.82) is 0 Å². The van der Waals surface area contributed by atoms with E-state index in [2.05, 4.69) is 36.0 Å². The van der Waals surface area contributed by atoms with Crippen LogP contribution in [0, 0.1) is 0 Å². The molecule has 0 unspecified atom stereocenters. The van der Waals surface area contributed by atoms with Crippen molar-refractivity contribution < 1.29 is 4.42 Å². The average molecular weight is 230 g/mol. The Kier molecular flexibility index (Phi) is 3.94. The second-order valence-corrected chi connectivity index (χ2v) is 4.26. The maximum atomic E-state index is 5.68. The molecule has 2 rings (SSSR count). The van der Waals surface area contributed by atoms with Crippen molar-refractivity contribution in [1.82, 2.24) is 9.88 Å². The molecular weight excluding hydrogens is 212 g/mol. The van der Waals surface area contributed by atoms with Crippen LogP contribution >= 0.6 is 0 Å². The molecule has 90 valence electrons. The zero-order valence-electron chi connectivity index (χ0n) is 10.4. The SMILES string of the molecule is CCc1ccc(CN(C)Cc2cccnc2)o1. The average Bonchev–Trinajstić information content (AvgIpc) is 2.78. The van der Waals surface area contributed by atoms with Crippen LogP contribution in [0.25, 0.3) is 0 Å². The lowest BCUT2D eigenvalue weighted by atomic mass is 10.2. The third kappa shape index (κ3) is 3.43. The van der Waals surface area contributed by atoms with Crippen molar-refractivity contribution in [3.8, 4) is 0 Å². The molecule has 3 nitrogen and oxygen atoms in total. The van der Waals surface area contributed by atoms with Gasteiger partial charge in [0.2, 0.25) is 0 Å². The van der Waals surface area contributed by atoms with E-state index >= 15 is 0 Å². The highest BCUT2D eigenvalue weighted by molar-refractivity contribution is 5.09. The van der Waals surface area contributed by atoms with Crippen molar-refractivity contribution in [3.05, 3.63) is 53.7 Å². The number of rotatable bonds is 5. The molecule has 0 radical (unpaired) electrons. The molecule has 2 aromatic rings. The number of hydrogen-bond acceptors (Lipinski definition) is 3. The van der Waals surface area contributed by atoms with Crippen LogP contribution in [0.2, 0.25) is 0 Å². The summed E-state index contributed by atoms with van der Waals surface area (Å²) in [6.07, 6.45) is 4.64. The predicted octanol–water partition coefficient (Wildman–Crippen LogP) is 2.87. The smallest absolute Gasteiger partial charge is 0.118 e. The second kappa shape index (κ2) is 5.64. The second-order valence-electron chi connectivity index (χ2n) is 4.26. The van der Waals surface area contributed by atoms with Gasteiger partial charge in [0, 0.05) is 25.4 Å². The molecule has 0 N–H and O–H groups in total. The van der Waals surface area contributed by atoms with Gasteiger partial charge in [-0.25, -0.2) is 0 Å². The van der Waals surface area contributed by atoms with E-state index in [0.717, 1.165) is 31.0 Å². The molecule has 0 aliphatic carbocycles. The van der Waals surface area contributed by atoms with Gasteiger partial charge in [0.15, 0.2) is 0 Å². The summed E-state index contributed by atoms with van der Waals surface area (Å²) >= 11 is 0. The first-order chi connectivity index (χ1) is 8.28. The molecule has 2 aromatic heterocycles. The molecule has 0 aliphatic heterocycles. The van der Waals surface area contributed by atoms with E-state index in [1.165, 1.54) is 5.56 Å². The van der Waals surface area contributed by atoms with Crippen molar-refractivity contribution in [3.63, 3.8) is 0 Å². The maximum Gasteiger partial charge on any atom is 0.118 e. The standard InChI is InChI=1S/C14H18N2O/c1-3-13-6-7-14(17-13)11-16(2)10-12-5-4-8-15-9-12/h4-9H,3,10-11H2,1-2H3. The molecular formula is C14H18N2O. The minimum absolute atomic E-state index is 0.828. The molecule has 0 saturated heterocycles. The highest BCUT2D eigenvalue weighted by Crippen LogP contribution is 2.11. The van der Waals surface area contributed by atoms with E-state index in [0.29, 0.717) is 0 Å². The van der Waals surface area contributed by atoms with E-state index in [4.69, 9.17) is 4.42 Å². The Labute approximate surface area is 102 Å². The van der Waals surface area contributed by atoms with Crippen LogP contribution in [0.1, 0.15) is 24.0 Å². The van der Waals surface area contributed by atoms with Gasteiger partial charge >= 0.3 is 0 Å². The number of aryl methyl sites for hydroxylation is 1. The summed E-state index contributed by atoms with van der Waals surface area (Å²) in [5.74, 6) is 2.07. The molecule has 3 heteroatoms. The molecule has 0 spiro atoms. The maximum absolute atomic E-state index is 5.68. The number of aromatic nitrogens is 1. The lowest BCUT2D eigenvalue weighted by Crippen LogP contribution is -2.16. The molecule has 0 aliphatic rings. The largest absolute Gasteiger partial charge is 0.465 e. The van der Waals surface area contributed by atoms with Crippen molar-refractivity contribution in [2.24, 2.45) is 0 Å². The van der Waals surface area contributed by atoms with E-state index in [1.807, 2.05) is 18.3 Å². The van der Waals surface area contributed by atoms with Crippen LogP contribution in [0.15, 0.2) is 41.1 Å². The number of nitrogens with zero attached hydrogens (tertiary/aromatic N) is 2. The number of furan rings is 1. The summed E-state index contributed by atoms with van der Waals surface area (Å²) < 4.78 is 5.68. The van der Waals surface area contributed by atoms with Crippen LogP contribution in [0.5, 0.6) is 0 Å². The lowest BCUT2D eigenvalue weighted by Gasteiger charge is -2.14. The van der Waals surface area contributed by atoms with Crippen LogP contribution in [-0.2, 0) is 19.5 Å². The molecule has 0 atom stereocenters. The molecule has 0 aromatic carbocycles. The highest BCUT2D eigenvalue weighted by atomic mass is 16.3. The first-order valence-corrected chi connectivity index (χ1v) is 5.93. The Bertz CT molecular complexity index is 450. The van der Waals surface area contributed by atoms with Crippen LogP contribution in [-0.4, -0.2) is 16.9 Å². The Morgan fingerprint density at radius 3 is 2.65 bits per heavy atom. The highest BCUT2D eigenvalue weighted by Gasteiger charge is 2.05. The van der Waals surface area contributed by atoms with Gasteiger partial charge in [-0.05, 0) is 30.8 Å². The van der Waals surface area contributed by atoms with Crippen molar-refractivity contribution in [2.75, 3.05) is 7.05 Å². The monoisotopic (exact) mass is 230 g/mol. The summed E-state index contributed by atoms with van der Waals surface area (Å²) in [4.78, 5) is 6.33. The van der Waals surface area contributed by atoms with Gasteiger partial charge in [0.1, 0.15) is 11.5 Å². The third-order valence-electron chi connectivity index (χ3n) is 2.67. The molecule has 2 heterocycles. The third-order valence-corrected chi connectivity index (χ3v) is 2.67. The van der Waals surface area contributed by atoms with Crippen molar-refractivity contribution >= 4 is 0 Å². The van der Waals surface area contributed by atoms with E-state index in [-0.39, 0.29) is 0 Å². The lowest BCUT2D eigenvalue weighted by molar-refractivity contribution is 0.283. The first kappa shape index (κ1) is 11.9. The fourth-order valence-electron chi connectivity index (χ4n) is 1.82. The zero-order valence-corrected chi connectivity index (χ0v) is 10.4. The normalized spacial score (nSPS) is 11.0. The molecule has 0 saturated carbocycles. The topological polar surface area (TPSA) is 29.3 Å². The summed E-state index contributed by atoms with van der Waals surface area (Å²) in [5, 5.41) is 0. The molecule has 0 amide bonds. The van der Waals surface area contributed by atoms with Gasteiger partial charge in [-0.3, -0.25) is 9.88 Å². The zero-order chi connectivity index (χ0) is 12.1. The van der Waals surface area contributed by atoms with E-state index in [9.17, 15) is 0 Å². The van der Waals surface area contributed by atoms with Gasteiger partial charge in [-0.1, -0.05) is 13.0 Å². The van der Waals surface area contributed by atoms with Gasteiger partial charge in [-0.15, -0.1) is 0 Å². The Hall–Kier alpha value is -1.61. The number of hydrogen-bond donors (Lipinski definition) is 0. The quantitative estimate of drug-likeness (QED) is 0.791. The molecule has 0 fully saturated rings. The number of pyridine rings is 1. The summed E-state index contributed by atoms with van der Waals surface area (Å²) in [6.45, 7) is 3.81. The van der Waals surface area contributed by atoms with E-state index < -0.39 is 0 Å². The van der Waals surface area contributed by atoms with E-state index in [1.54, 1.807) is 6.20 Å². The van der Waals surface area contributed by atoms with Crippen LogP contribution < -0.4 is 0 Å². The van der Waals surface area contributed by atoms with Gasteiger partial charge in [-0.2, -0.15) is 0 Å². The Morgan fingerprint density at radius 1 is 1.18 bits per heavy atom. The van der Waals surface area contributed by atoms with Gasteiger partial charge in [0.25, 0.3) is 0 Å². The minimum atomic E-state index is 0.828. The fourth-order valence-corrected chi connectivity index (χ4v) is 1.82. The minimum Gasteiger partial charge on any atom is -0.465 e. The van der Waals surface area contributed by atoms with Gasteiger partial charge < -0.3 is 4.42 Å². The fraction of sp³-hybridized carbons (Fsp3) is 0.357. The van der Waals surface area contributed by atoms with Crippen LogP contribution in [0.4, 0.5) is 0 Å². The predicted molar refractivity (Wildman–Crippen MR) is 67.5 cm³/mol. The Morgan fingerprint density at radius 2 is 2.00 bits per heavy atom. The summed E-state index contributed by atoms with van der Waals surface area (Å²) in [7, 11) is 2.08. The Balaban J connectivity index is 1.91. The summed E-state index contributed by atoms with van der Waals surface area (Å²) in [6, 6.07) is 8.15. The van der Waals surface area contributed by atoms with Crippen LogP contribution in [0.3, 0.4) is 0 Å². The summed E-state index contributed by atoms with van der Waals surface area (Å²) in [5.41, 5.74) is 1.22. The molecule has 0 bridgehead atoms. The van der Waals surface area contributed by atoms with Crippen molar-refractivity contribution in [2.45, 2.75) is 26.4 Å². The molecule has 17 heavy (non-hydrogen) atoms. The first-order valence-electron chi connectivity index (χ1n) is 5.93. The van der Waals surface area contributed by atoms with Gasteiger partial charge in [0.05, 0.1) is 6.54 Å².